The highest BCUT2D eigenvalue weighted by atomic mass is 32.2. The Balaban J connectivity index is 3.06. The molecule has 0 saturated carbocycles. The van der Waals surface area contributed by atoms with Crippen molar-refractivity contribution in [2.75, 3.05) is 6.61 Å². The first kappa shape index (κ1) is 10.0. The first-order chi connectivity index (χ1) is 6.04. The van der Waals surface area contributed by atoms with Crippen LogP contribution in [0.3, 0.4) is 0 Å². The second-order valence-electron chi connectivity index (χ2n) is 2.30. The molecule has 71 valence electrons. The summed E-state index contributed by atoms with van der Waals surface area (Å²) in [5, 5.41) is 0. The largest absolute Gasteiger partial charge is 0.494 e. The van der Waals surface area contributed by atoms with Gasteiger partial charge < -0.3 is 4.74 Å². The molecule has 0 atom stereocenters. The molecule has 4 nitrogen and oxygen atoms in total. The van der Waals surface area contributed by atoms with Crippen molar-refractivity contribution in [3.05, 3.63) is 31.2 Å². The van der Waals surface area contributed by atoms with E-state index in [0.717, 1.165) is 0 Å². The van der Waals surface area contributed by atoms with Crippen molar-refractivity contribution < 1.29 is 17.7 Å². The third kappa shape index (κ3) is 2.71. The van der Waals surface area contributed by atoms with Gasteiger partial charge in [-0.2, -0.15) is 8.42 Å². The predicted molar refractivity (Wildman–Crippen MR) is 47.1 cm³/mol. The van der Waals surface area contributed by atoms with E-state index in [1.165, 1.54) is 18.2 Å². The van der Waals surface area contributed by atoms with Crippen LogP contribution in [0.2, 0.25) is 0 Å². The molecule has 13 heavy (non-hydrogen) atoms. The van der Waals surface area contributed by atoms with Crippen molar-refractivity contribution in [3.63, 3.8) is 0 Å². The number of hydrogen-bond donors (Lipinski definition) is 1. The lowest BCUT2D eigenvalue weighted by atomic mass is 10.3. The summed E-state index contributed by atoms with van der Waals surface area (Å²) in [5.74, 6) is 0.366. The molecule has 0 aliphatic heterocycles. The maximum atomic E-state index is 10.7. The maximum Gasteiger partial charge on any atom is 0.294 e. The van der Waals surface area contributed by atoms with E-state index in [4.69, 9.17) is 9.29 Å². The summed E-state index contributed by atoms with van der Waals surface area (Å²) in [6, 6.07) is 5.58. The highest BCUT2D eigenvalue weighted by molar-refractivity contribution is 7.85. The Labute approximate surface area is 76.9 Å². The fraction of sp³-hybridized carbons (Fsp3) is 0.125. The Hall–Kier alpha value is -1.07. The van der Waals surface area contributed by atoms with Gasteiger partial charge in [-0.15, -0.1) is 0 Å². The molecule has 0 aliphatic carbocycles. The molecule has 0 fully saturated rings. The van der Waals surface area contributed by atoms with Gasteiger partial charge >= 0.3 is 0 Å². The molecule has 0 unspecified atom stereocenters. The summed E-state index contributed by atoms with van der Waals surface area (Å²) in [5.41, 5.74) is 0. The molecular weight excluding hydrogens is 192 g/mol. The Morgan fingerprint density at radius 3 is 2.69 bits per heavy atom. The SMILES string of the molecule is [CH2]COc1cccc(S(=O)(=O)O)c1. The minimum Gasteiger partial charge on any atom is -0.494 e. The van der Waals surface area contributed by atoms with E-state index < -0.39 is 10.1 Å². The number of hydrogen-bond acceptors (Lipinski definition) is 3. The molecule has 0 aliphatic rings. The normalized spacial score (nSPS) is 11.2. The standard InChI is InChI=1S/C8H9O4S/c1-2-12-7-4-3-5-8(6-7)13(9,10)11/h3-6H,1-2H2,(H,9,10,11). The van der Waals surface area contributed by atoms with Gasteiger partial charge in [0.05, 0.1) is 11.5 Å². The third-order valence-corrected chi connectivity index (χ3v) is 2.22. The zero-order chi connectivity index (χ0) is 9.90. The van der Waals surface area contributed by atoms with Crippen LogP contribution in [0.5, 0.6) is 5.75 Å². The molecule has 0 bridgehead atoms. The number of rotatable bonds is 3. The van der Waals surface area contributed by atoms with Gasteiger partial charge in [0.15, 0.2) is 0 Å². The van der Waals surface area contributed by atoms with Crippen LogP contribution in [0.4, 0.5) is 0 Å². The topological polar surface area (TPSA) is 63.6 Å². The van der Waals surface area contributed by atoms with Gasteiger partial charge in [0.1, 0.15) is 5.75 Å². The van der Waals surface area contributed by atoms with Gasteiger partial charge in [0, 0.05) is 6.07 Å². The van der Waals surface area contributed by atoms with Crippen LogP contribution >= 0.6 is 0 Å². The molecule has 0 heterocycles. The van der Waals surface area contributed by atoms with E-state index in [9.17, 15) is 8.42 Å². The van der Waals surface area contributed by atoms with Crippen molar-refractivity contribution in [1.82, 2.24) is 0 Å². The quantitative estimate of drug-likeness (QED) is 0.745. The van der Waals surface area contributed by atoms with Crippen molar-refractivity contribution in [2.45, 2.75) is 4.90 Å². The Morgan fingerprint density at radius 1 is 1.46 bits per heavy atom. The summed E-state index contributed by atoms with van der Waals surface area (Å²) in [6.45, 7) is 3.64. The van der Waals surface area contributed by atoms with E-state index in [2.05, 4.69) is 6.92 Å². The summed E-state index contributed by atoms with van der Waals surface area (Å²) < 4.78 is 35.0. The summed E-state index contributed by atoms with van der Waals surface area (Å²) in [6.07, 6.45) is 0. The van der Waals surface area contributed by atoms with Crippen LogP contribution in [0.1, 0.15) is 0 Å². The van der Waals surface area contributed by atoms with E-state index >= 15 is 0 Å². The lowest BCUT2D eigenvalue weighted by Gasteiger charge is -2.03. The van der Waals surface area contributed by atoms with Crippen LogP contribution in [-0.2, 0) is 10.1 Å². The molecular formula is C8H9O4S. The van der Waals surface area contributed by atoms with E-state index in [-0.39, 0.29) is 11.5 Å². The molecule has 0 saturated heterocycles. The van der Waals surface area contributed by atoms with Gasteiger partial charge in [-0.25, -0.2) is 0 Å². The second kappa shape index (κ2) is 3.76. The van der Waals surface area contributed by atoms with Crippen LogP contribution in [0, 0.1) is 6.92 Å². The van der Waals surface area contributed by atoms with Gasteiger partial charge in [0.2, 0.25) is 0 Å². The molecule has 0 spiro atoms. The summed E-state index contributed by atoms with van der Waals surface area (Å²) in [4.78, 5) is -0.182. The van der Waals surface area contributed by atoms with Crippen LogP contribution in [0.15, 0.2) is 29.2 Å². The van der Waals surface area contributed by atoms with Crippen LogP contribution < -0.4 is 4.74 Å². The number of benzene rings is 1. The zero-order valence-corrected chi connectivity index (χ0v) is 7.62. The fourth-order valence-corrected chi connectivity index (χ4v) is 1.36. The average Bonchev–Trinajstić information content (AvgIpc) is 2.04. The zero-order valence-electron chi connectivity index (χ0n) is 6.80. The summed E-state index contributed by atoms with van der Waals surface area (Å²) >= 11 is 0. The van der Waals surface area contributed by atoms with Crippen molar-refractivity contribution >= 4 is 10.1 Å². The number of ether oxygens (including phenoxy) is 1. The molecule has 1 N–H and O–H groups in total. The van der Waals surface area contributed by atoms with Gasteiger partial charge in [-0.05, 0) is 19.1 Å². The molecule has 0 aromatic heterocycles. The molecule has 5 heteroatoms. The van der Waals surface area contributed by atoms with E-state index in [1.807, 2.05) is 0 Å². The molecule has 1 aromatic carbocycles. The van der Waals surface area contributed by atoms with Crippen molar-refractivity contribution in [3.8, 4) is 5.75 Å². The Morgan fingerprint density at radius 2 is 2.15 bits per heavy atom. The van der Waals surface area contributed by atoms with Gasteiger partial charge in [-0.3, -0.25) is 4.55 Å². The first-order valence-corrected chi connectivity index (χ1v) is 4.97. The maximum absolute atomic E-state index is 10.7. The molecule has 1 radical (unpaired) electrons. The highest BCUT2D eigenvalue weighted by Gasteiger charge is 2.09. The fourth-order valence-electron chi connectivity index (χ4n) is 0.842. The second-order valence-corrected chi connectivity index (χ2v) is 3.72. The lowest BCUT2D eigenvalue weighted by Crippen LogP contribution is -1.99. The van der Waals surface area contributed by atoms with Crippen LogP contribution in [-0.4, -0.2) is 19.6 Å². The third-order valence-electron chi connectivity index (χ3n) is 1.37. The Kier molecular flexibility index (Phi) is 2.90. The van der Waals surface area contributed by atoms with Crippen molar-refractivity contribution in [2.24, 2.45) is 0 Å². The lowest BCUT2D eigenvalue weighted by molar-refractivity contribution is 0.359. The van der Waals surface area contributed by atoms with E-state index in [0.29, 0.717) is 5.75 Å². The van der Waals surface area contributed by atoms with Crippen molar-refractivity contribution in [1.29, 1.82) is 0 Å². The molecule has 1 aromatic rings. The van der Waals surface area contributed by atoms with Gasteiger partial charge in [-0.1, -0.05) is 6.07 Å². The highest BCUT2D eigenvalue weighted by Crippen LogP contribution is 2.16. The molecule has 1 rings (SSSR count). The predicted octanol–water partition coefficient (Wildman–Crippen LogP) is 1.15. The Bertz CT molecular complexity index is 383. The molecule has 0 amide bonds. The van der Waals surface area contributed by atoms with Crippen LogP contribution in [0.25, 0.3) is 0 Å². The average molecular weight is 201 g/mol. The summed E-state index contributed by atoms with van der Waals surface area (Å²) in [7, 11) is -4.14. The monoisotopic (exact) mass is 201 g/mol. The first-order valence-electron chi connectivity index (χ1n) is 3.53. The smallest absolute Gasteiger partial charge is 0.294 e. The minimum absolute atomic E-state index is 0.182. The van der Waals surface area contributed by atoms with E-state index in [1.54, 1.807) is 6.07 Å². The van der Waals surface area contributed by atoms with Gasteiger partial charge in [0.25, 0.3) is 10.1 Å². The minimum atomic E-state index is -4.14.